The van der Waals surface area contributed by atoms with Crippen LogP contribution in [0.1, 0.15) is 5.56 Å². The molecule has 1 saturated heterocycles. The first kappa shape index (κ1) is 7.53. The lowest BCUT2D eigenvalue weighted by Gasteiger charge is -2.39. The molecular weight excluding hydrogens is 152 g/mol. The standard InChI is InChI=1S/C10H10O2/c1-2-10(11-8-12-10)9-6-4-3-5-7-9/h2-7H,1,8H2. The van der Waals surface area contributed by atoms with Gasteiger partial charge in [-0.05, 0) is 6.08 Å². The molecule has 0 bridgehead atoms. The van der Waals surface area contributed by atoms with Gasteiger partial charge >= 0.3 is 0 Å². The quantitative estimate of drug-likeness (QED) is 0.619. The molecule has 1 heterocycles. The Morgan fingerprint density at radius 3 is 2.33 bits per heavy atom. The monoisotopic (exact) mass is 162 g/mol. The summed E-state index contributed by atoms with van der Waals surface area (Å²) < 4.78 is 10.6. The lowest BCUT2D eigenvalue weighted by atomic mass is 10.1. The Morgan fingerprint density at radius 1 is 1.25 bits per heavy atom. The van der Waals surface area contributed by atoms with Gasteiger partial charge in [0, 0.05) is 5.56 Å². The van der Waals surface area contributed by atoms with Gasteiger partial charge in [-0.1, -0.05) is 36.9 Å². The Morgan fingerprint density at radius 2 is 1.92 bits per heavy atom. The van der Waals surface area contributed by atoms with E-state index in [1.54, 1.807) is 6.08 Å². The molecule has 1 aliphatic heterocycles. The molecule has 62 valence electrons. The van der Waals surface area contributed by atoms with Gasteiger partial charge in [0.2, 0.25) is 5.79 Å². The molecule has 1 fully saturated rings. The van der Waals surface area contributed by atoms with Crippen LogP contribution in [-0.2, 0) is 15.3 Å². The van der Waals surface area contributed by atoms with Crippen molar-refractivity contribution >= 4 is 0 Å². The summed E-state index contributed by atoms with van der Waals surface area (Å²) in [5.74, 6) is -0.679. The van der Waals surface area contributed by atoms with Crippen LogP contribution >= 0.6 is 0 Å². The van der Waals surface area contributed by atoms with Crippen LogP contribution in [0.2, 0.25) is 0 Å². The normalized spacial score (nSPS) is 19.7. The highest BCUT2D eigenvalue weighted by Crippen LogP contribution is 2.35. The van der Waals surface area contributed by atoms with Crippen LogP contribution in [0, 0.1) is 0 Å². The third-order valence-corrected chi connectivity index (χ3v) is 1.99. The molecular formula is C10H10O2. The Hall–Kier alpha value is -1.12. The van der Waals surface area contributed by atoms with Crippen molar-refractivity contribution < 1.29 is 9.47 Å². The maximum atomic E-state index is 5.31. The zero-order valence-corrected chi connectivity index (χ0v) is 6.69. The molecule has 0 saturated carbocycles. The summed E-state index contributed by atoms with van der Waals surface area (Å²) in [4.78, 5) is 0. The van der Waals surface area contributed by atoms with Crippen LogP contribution in [0.5, 0.6) is 0 Å². The molecule has 2 rings (SSSR count). The third kappa shape index (κ3) is 0.967. The van der Waals surface area contributed by atoms with Gasteiger partial charge in [-0.3, -0.25) is 0 Å². The second kappa shape index (κ2) is 2.73. The van der Waals surface area contributed by atoms with Gasteiger partial charge in [0.05, 0.1) is 0 Å². The highest BCUT2D eigenvalue weighted by atomic mass is 16.9. The molecule has 1 aromatic carbocycles. The maximum Gasteiger partial charge on any atom is 0.219 e. The average Bonchev–Trinajstić information content (AvgIpc) is 2.05. The fraction of sp³-hybridized carbons (Fsp3) is 0.200. The van der Waals surface area contributed by atoms with Crippen LogP contribution in [0.4, 0.5) is 0 Å². The number of hydrogen-bond donors (Lipinski definition) is 0. The van der Waals surface area contributed by atoms with E-state index in [0.717, 1.165) is 5.56 Å². The number of rotatable bonds is 2. The topological polar surface area (TPSA) is 18.5 Å². The van der Waals surface area contributed by atoms with Crippen molar-refractivity contribution in [2.24, 2.45) is 0 Å². The molecule has 1 aliphatic rings. The molecule has 0 atom stereocenters. The summed E-state index contributed by atoms with van der Waals surface area (Å²) in [6, 6.07) is 9.78. The second-order valence-corrected chi connectivity index (χ2v) is 2.64. The number of hydrogen-bond acceptors (Lipinski definition) is 2. The van der Waals surface area contributed by atoms with E-state index < -0.39 is 5.79 Å². The summed E-state index contributed by atoms with van der Waals surface area (Å²) in [6.45, 7) is 4.03. The molecule has 2 nitrogen and oxygen atoms in total. The molecule has 0 amide bonds. The third-order valence-electron chi connectivity index (χ3n) is 1.99. The van der Waals surface area contributed by atoms with Crippen LogP contribution in [0.25, 0.3) is 0 Å². The molecule has 0 aromatic heterocycles. The van der Waals surface area contributed by atoms with E-state index >= 15 is 0 Å². The first-order valence-electron chi connectivity index (χ1n) is 3.84. The van der Waals surface area contributed by atoms with Crippen LogP contribution in [-0.4, -0.2) is 6.79 Å². The van der Waals surface area contributed by atoms with Gasteiger partial charge in [0.15, 0.2) is 6.79 Å². The van der Waals surface area contributed by atoms with Gasteiger partial charge in [0.1, 0.15) is 0 Å². The summed E-state index contributed by atoms with van der Waals surface area (Å²) in [7, 11) is 0. The van der Waals surface area contributed by atoms with E-state index in [1.165, 1.54) is 0 Å². The first-order chi connectivity index (χ1) is 5.87. The summed E-state index contributed by atoms with van der Waals surface area (Å²) >= 11 is 0. The van der Waals surface area contributed by atoms with E-state index in [4.69, 9.17) is 9.47 Å². The van der Waals surface area contributed by atoms with Crippen LogP contribution in [0.3, 0.4) is 0 Å². The fourth-order valence-electron chi connectivity index (χ4n) is 1.26. The van der Waals surface area contributed by atoms with Crippen molar-refractivity contribution in [3.05, 3.63) is 48.6 Å². The molecule has 2 heteroatoms. The average molecular weight is 162 g/mol. The van der Waals surface area contributed by atoms with Crippen molar-refractivity contribution in [3.8, 4) is 0 Å². The van der Waals surface area contributed by atoms with Gasteiger partial charge in [0.25, 0.3) is 0 Å². The molecule has 0 radical (unpaired) electrons. The number of benzene rings is 1. The second-order valence-electron chi connectivity index (χ2n) is 2.64. The summed E-state index contributed by atoms with van der Waals surface area (Å²) in [5, 5.41) is 0. The van der Waals surface area contributed by atoms with Crippen molar-refractivity contribution in [2.45, 2.75) is 5.79 Å². The van der Waals surface area contributed by atoms with E-state index in [2.05, 4.69) is 6.58 Å². The minimum absolute atomic E-state index is 0.348. The van der Waals surface area contributed by atoms with Gasteiger partial charge in [-0.2, -0.15) is 0 Å². The largest absolute Gasteiger partial charge is 0.316 e. The minimum Gasteiger partial charge on any atom is -0.316 e. The van der Waals surface area contributed by atoms with Crippen LogP contribution < -0.4 is 0 Å². The van der Waals surface area contributed by atoms with E-state index in [9.17, 15) is 0 Å². The SMILES string of the molecule is C=CC1(c2ccccc2)OCO1. The van der Waals surface area contributed by atoms with Crippen molar-refractivity contribution in [1.82, 2.24) is 0 Å². The molecule has 12 heavy (non-hydrogen) atoms. The van der Waals surface area contributed by atoms with E-state index in [1.807, 2.05) is 30.3 Å². The fourth-order valence-corrected chi connectivity index (χ4v) is 1.26. The van der Waals surface area contributed by atoms with Crippen molar-refractivity contribution in [3.63, 3.8) is 0 Å². The smallest absolute Gasteiger partial charge is 0.219 e. The Balaban J connectivity index is 2.34. The lowest BCUT2D eigenvalue weighted by Crippen LogP contribution is -2.41. The Kier molecular flexibility index (Phi) is 1.71. The Labute approximate surface area is 71.4 Å². The summed E-state index contributed by atoms with van der Waals surface area (Å²) in [6.07, 6.45) is 1.67. The molecule has 1 aromatic rings. The summed E-state index contributed by atoms with van der Waals surface area (Å²) in [5.41, 5.74) is 0.992. The van der Waals surface area contributed by atoms with E-state index in [-0.39, 0.29) is 0 Å². The van der Waals surface area contributed by atoms with Gasteiger partial charge < -0.3 is 9.47 Å². The molecule has 0 unspecified atom stereocenters. The zero-order valence-electron chi connectivity index (χ0n) is 6.69. The predicted molar refractivity (Wildman–Crippen MR) is 45.4 cm³/mol. The van der Waals surface area contributed by atoms with Crippen molar-refractivity contribution in [2.75, 3.05) is 6.79 Å². The van der Waals surface area contributed by atoms with Gasteiger partial charge in [-0.15, -0.1) is 0 Å². The zero-order chi connectivity index (χ0) is 8.44. The molecule has 0 aliphatic carbocycles. The predicted octanol–water partition coefficient (Wildman–Crippen LogP) is 2.03. The van der Waals surface area contributed by atoms with Crippen molar-refractivity contribution in [1.29, 1.82) is 0 Å². The number of ether oxygens (including phenoxy) is 2. The highest BCUT2D eigenvalue weighted by molar-refractivity contribution is 5.25. The molecule has 0 spiro atoms. The van der Waals surface area contributed by atoms with E-state index in [0.29, 0.717) is 6.79 Å². The van der Waals surface area contributed by atoms with Gasteiger partial charge in [-0.25, -0.2) is 0 Å². The Bertz CT molecular complexity index is 275. The lowest BCUT2D eigenvalue weighted by molar-refractivity contribution is -0.382. The molecule has 0 N–H and O–H groups in total. The maximum absolute atomic E-state index is 5.31. The first-order valence-corrected chi connectivity index (χ1v) is 3.84. The van der Waals surface area contributed by atoms with Crippen LogP contribution in [0.15, 0.2) is 43.0 Å². The highest BCUT2D eigenvalue weighted by Gasteiger charge is 2.38. The minimum atomic E-state index is -0.679.